The van der Waals surface area contributed by atoms with Crippen LogP contribution in [0.5, 0.6) is 23.0 Å². The predicted octanol–water partition coefficient (Wildman–Crippen LogP) is 1.17. The van der Waals surface area contributed by atoms with Gasteiger partial charge in [0, 0.05) is 0 Å². The lowest BCUT2D eigenvalue weighted by Gasteiger charge is -2.14. The molecule has 0 spiro atoms. The van der Waals surface area contributed by atoms with E-state index in [9.17, 15) is 0 Å². The van der Waals surface area contributed by atoms with Crippen molar-refractivity contribution in [1.82, 2.24) is 0 Å². The zero-order valence-electron chi connectivity index (χ0n) is 14.2. The van der Waals surface area contributed by atoms with Crippen molar-refractivity contribution in [2.24, 2.45) is 22.9 Å². The Morgan fingerprint density at radius 2 is 0.654 bits per heavy atom. The van der Waals surface area contributed by atoms with E-state index in [2.05, 4.69) is 0 Å². The molecule has 0 saturated carbocycles. The zero-order chi connectivity index (χ0) is 18.5. The maximum atomic E-state index is 5.50. The fraction of sp³-hybridized carbons (Fsp3) is 0.222. The van der Waals surface area contributed by atoms with Crippen LogP contribution >= 0.6 is 0 Å². The van der Waals surface area contributed by atoms with Crippen LogP contribution in [0.1, 0.15) is 0 Å². The molecule has 0 heterocycles. The lowest BCUT2D eigenvalue weighted by molar-refractivity contribution is 0.279. The molecule has 0 aliphatic carbocycles. The van der Waals surface area contributed by atoms with Gasteiger partial charge in [-0.2, -0.15) is 0 Å². The first-order chi connectivity index (χ1) is 12.7. The second-order valence-electron chi connectivity index (χ2n) is 5.39. The molecular weight excluding hydrogens is 336 g/mol. The molecule has 3 aromatic rings. The van der Waals surface area contributed by atoms with Crippen LogP contribution in [0.2, 0.25) is 0 Å². The number of rotatable bonds is 8. The molecule has 26 heavy (non-hydrogen) atoms. The molecule has 3 aromatic carbocycles. The second kappa shape index (κ2) is 8.07. The first-order valence-electron chi connectivity index (χ1n) is 8.07. The van der Waals surface area contributed by atoms with E-state index in [1.165, 1.54) is 0 Å². The van der Waals surface area contributed by atoms with Gasteiger partial charge < -0.3 is 18.9 Å². The standard InChI is InChI=1S/C18H22N4O4/c19-7-23-15-3-11-1-12-4-16(24-8-20)18(26-10-22)6-14(12)2-13(11)5-17(15)25-9-21/h1-6H,7-10,19-22H2. The Hall–Kier alpha value is -2.78. The second-order valence-corrected chi connectivity index (χ2v) is 5.39. The summed E-state index contributed by atoms with van der Waals surface area (Å²) in [5, 5.41) is 3.82. The van der Waals surface area contributed by atoms with Gasteiger partial charge in [-0.15, -0.1) is 0 Å². The molecule has 8 heteroatoms. The molecule has 0 saturated heterocycles. The van der Waals surface area contributed by atoms with Crippen LogP contribution in [-0.2, 0) is 0 Å². The first kappa shape index (κ1) is 18.0. The van der Waals surface area contributed by atoms with Crippen LogP contribution in [0.4, 0.5) is 0 Å². The average molecular weight is 358 g/mol. The maximum absolute atomic E-state index is 5.50. The van der Waals surface area contributed by atoms with Crippen LogP contribution in [0, 0.1) is 0 Å². The Labute approximate surface area is 150 Å². The summed E-state index contributed by atoms with van der Waals surface area (Å²) in [4.78, 5) is 0. The molecular formula is C18H22N4O4. The third kappa shape index (κ3) is 3.58. The van der Waals surface area contributed by atoms with Gasteiger partial charge >= 0.3 is 0 Å². The highest BCUT2D eigenvalue weighted by molar-refractivity contribution is 6.00. The molecule has 8 nitrogen and oxygen atoms in total. The molecule has 0 amide bonds. The lowest BCUT2D eigenvalue weighted by Crippen LogP contribution is -2.12. The largest absolute Gasteiger partial charge is 0.475 e. The van der Waals surface area contributed by atoms with Crippen molar-refractivity contribution >= 4 is 21.5 Å². The summed E-state index contributed by atoms with van der Waals surface area (Å²) in [5.41, 5.74) is 22.0. The van der Waals surface area contributed by atoms with Gasteiger partial charge in [-0.05, 0) is 57.9 Å². The van der Waals surface area contributed by atoms with Crippen molar-refractivity contribution < 1.29 is 18.9 Å². The fourth-order valence-electron chi connectivity index (χ4n) is 2.83. The summed E-state index contributed by atoms with van der Waals surface area (Å²) in [6, 6.07) is 11.5. The Morgan fingerprint density at radius 1 is 0.423 bits per heavy atom. The molecule has 8 N–H and O–H groups in total. The highest BCUT2D eigenvalue weighted by Crippen LogP contribution is 2.38. The van der Waals surface area contributed by atoms with Gasteiger partial charge in [-0.1, -0.05) is 0 Å². The van der Waals surface area contributed by atoms with E-state index in [1.807, 2.05) is 36.4 Å². The summed E-state index contributed by atoms with van der Waals surface area (Å²) in [6.07, 6.45) is 0. The van der Waals surface area contributed by atoms with E-state index in [0.29, 0.717) is 23.0 Å². The van der Waals surface area contributed by atoms with Crippen molar-refractivity contribution in [1.29, 1.82) is 0 Å². The van der Waals surface area contributed by atoms with Crippen LogP contribution in [0.25, 0.3) is 21.5 Å². The first-order valence-corrected chi connectivity index (χ1v) is 8.07. The number of hydrogen-bond acceptors (Lipinski definition) is 8. The molecule has 0 aromatic heterocycles. The van der Waals surface area contributed by atoms with Crippen molar-refractivity contribution in [2.75, 3.05) is 26.9 Å². The van der Waals surface area contributed by atoms with Crippen LogP contribution < -0.4 is 41.9 Å². The van der Waals surface area contributed by atoms with E-state index in [0.717, 1.165) is 21.5 Å². The van der Waals surface area contributed by atoms with Crippen LogP contribution in [-0.4, -0.2) is 26.9 Å². The Bertz CT molecular complexity index is 772. The smallest absolute Gasteiger partial charge is 0.163 e. The molecule has 0 radical (unpaired) electrons. The minimum absolute atomic E-state index is 0.0360. The van der Waals surface area contributed by atoms with E-state index >= 15 is 0 Å². The Morgan fingerprint density at radius 3 is 0.846 bits per heavy atom. The van der Waals surface area contributed by atoms with Crippen molar-refractivity contribution in [3.8, 4) is 23.0 Å². The number of fused-ring (bicyclic) bond motifs is 2. The van der Waals surface area contributed by atoms with Gasteiger partial charge in [0.1, 0.15) is 26.9 Å². The third-order valence-corrected chi connectivity index (χ3v) is 3.88. The highest BCUT2D eigenvalue weighted by atomic mass is 16.5. The Balaban J connectivity index is 2.18. The van der Waals surface area contributed by atoms with Gasteiger partial charge in [0.2, 0.25) is 0 Å². The predicted molar refractivity (Wildman–Crippen MR) is 100 cm³/mol. The number of ether oxygens (including phenoxy) is 4. The van der Waals surface area contributed by atoms with Crippen LogP contribution in [0.3, 0.4) is 0 Å². The summed E-state index contributed by atoms with van der Waals surface area (Å²) >= 11 is 0. The Kier molecular flexibility index (Phi) is 5.59. The maximum Gasteiger partial charge on any atom is 0.163 e. The number of nitrogens with two attached hydrogens (primary N) is 4. The van der Waals surface area contributed by atoms with Crippen molar-refractivity contribution in [3.63, 3.8) is 0 Å². The number of benzene rings is 3. The van der Waals surface area contributed by atoms with E-state index in [4.69, 9.17) is 41.9 Å². The lowest BCUT2D eigenvalue weighted by atomic mass is 10.0. The molecule has 138 valence electrons. The minimum Gasteiger partial charge on any atom is -0.475 e. The van der Waals surface area contributed by atoms with Crippen molar-refractivity contribution in [2.45, 2.75) is 0 Å². The SMILES string of the molecule is NCOc1cc2cc3cc(OCN)c(OCN)cc3cc2cc1OCN. The minimum atomic E-state index is 0.0360. The number of hydrogen-bond donors (Lipinski definition) is 4. The summed E-state index contributed by atoms with van der Waals surface area (Å²) in [7, 11) is 0. The topological polar surface area (TPSA) is 141 Å². The van der Waals surface area contributed by atoms with Gasteiger partial charge in [-0.25, -0.2) is 0 Å². The molecule has 0 aliphatic heterocycles. The van der Waals surface area contributed by atoms with Crippen molar-refractivity contribution in [3.05, 3.63) is 36.4 Å². The monoisotopic (exact) mass is 358 g/mol. The average Bonchev–Trinajstić information content (AvgIpc) is 2.62. The summed E-state index contributed by atoms with van der Waals surface area (Å²) < 4.78 is 21.8. The summed E-state index contributed by atoms with van der Waals surface area (Å²) in [5.74, 6) is 2.13. The van der Waals surface area contributed by atoms with E-state index in [1.54, 1.807) is 0 Å². The normalized spacial score (nSPS) is 10.9. The molecule has 0 fully saturated rings. The molecule has 0 atom stereocenters. The quantitative estimate of drug-likeness (QED) is 0.347. The summed E-state index contributed by atoms with van der Waals surface area (Å²) in [6.45, 7) is 0.144. The molecule has 0 unspecified atom stereocenters. The molecule has 3 rings (SSSR count). The molecule has 0 aliphatic rings. The van der Waals surface area contributed by atoms with Gasteiger partial charge in [-0.3, -0.25) is 22.9 Å². The van der Waals surface area contributed by atoms with E-state index in [-0.39, 0.29) is 26.9 Å². The molecule has 0 bridgehead atoms. The van der Waals surface area contributed by atoms with Crippen LogP contribution in [0.15, 0.2) is 36.4 Å². The van der Waals surface area contributed by atoms with E-state index < -0.39 is 0 Å². The van der Waals surface area contributed by atoms with Gasteiger partial charge in [0.05, 0.1) is 0 Å². The third-order valence-electron chi connectivity index (χ3n) is 3.88. The van der Waals surface area contributed by atoms with Gasteiger partial charge in [0.25, 0.3) is 0 Å². The highest BCUT2D eigenvalue weighted by Gasteiger charge is 2.12. The fourth-order valence-corrected chi connectivity index (χ4v) is 2.83. The zero-order valence-corrected chi connectivity index (χ0v) is 14.2. The van der Waals surface area contributed by atoms with Gasteiger partial charge in [0.15, 0.2) is 23.0 Å².